The van der Waals surface area contributed by atoms with Gasteiger partial charge in [0.15, 0.2) is 6.61 Å². The Kier molecular flexibility index (Phi) is 9.85. The maximum atomic E-state index is 12.2. The normalized spacial score (nSPS) is 15.2. The summed E-state index contributed by atoms with van der Waals surface area (Å²) < 4.78 is 46.8. The zero-order valence-corrected chi connectivity index (χ0v) is 19.4. The number of hydrogen-bond donors (Lipinski definition) is 3. The topological polar surface area (TPSA) is 97.0 Å². The highest BCUT2D eigenvalue weighted by atomic mass is 19.4. The van der Waals surface area contributed by atoms with Crippen molar-refractivity contribution >= 4 is 11.6 Å². The maximum absolute atomic E-state index is 12.2. The number of anilines is 1. The van der Waals surface area contributed by atoms with Gasteiger partial charge in [0, 0.05) is 32.3 Å². The Balaban J connectivity index is 1.89. The van der Waals surface area contributed by atoms with E-state index in [0.29, 0.717) is 37.3 Å². The molecule has 0 saturated carbocycles. The van der Waals surface area contributed by atoms with E-state index in [1.807, 2.05) is 13.0 Å². The predicted molar refractivity (Wildman–Crippen MR) is 120 cm³/mol. The van der Waals surface area contributed by atoms with Gasteiger partial charge in [-0.3, -0.25) is 4.79 Å². The average Bonchev–Trinajstić information content (AvgIpc) is 3.14. The van der Waals surface area contributed by atoms with Crippen LogP contribution >= 0.6 is 0 Å². The van der Waals surface area contributed by atoms with E-state index in [0.717, 1.165) is 29.8 Å². The van der Waals surface area contributed by atoms with E-state index in [4.69, 9.17) is 15.6 Å². The summed E-state index contributed by atoms with van der Waals surface area (Å²) in [6.45, 7) is 6.00. The third kappa shape index (κ3) is 8.43. The number of aliphatic hydroxyl groups is 1. The molecule has 33 heavy (non-hydrogen) atoms. The number of fused-ring (bicyclic) bond motifs is 1. The van der Waals surface area contributed by atoms with Gasteiger partial charge in [-0.1, -0.05) is 6.07 Å². The molecular weight excluding hydrogens is 439 g/mol. The molecule has 10 heteroatoms. The van der Waals surface area contributed by atoms with Crippen molar-refractivity contribution < 1.29 is 32.5 Å². The summed E-state index contributed by atoms with van der Waals surface area (Å²) >= 11 is 0. The minimum absolute atomic E-state index is 0.0751. The molecular formula is C23H34F3N3O4. The van der Waals surface area contributed by atoms with Crippen LogP contribution in [0.4, 0.5) is 18.9 Å². The van der Waals surface area contributed by atoms with Gasteiger partial charge >= 0.3 is 6.18 Å². The highest BCUT2D eigenvalue weighted by Crippen LogP contribution is 2.33. The van der Waals surface area contributed by atoms with Crippen LogP contribution in [0.5, 0.6) is 0 Å². The zero-order valence-electron chi connectivity index (χ0n) is 19.4. The number of ether oxygens (including phenoxy) is 2. The standard InChI is InChI=1S/C23H34F3N3O4/c1-15(28-6-10-32-16(2)17(3)33-14-23(24,25)26)11-18-12-19-5-8-29(7-4-9-30)21(19)20(13-18)22(27)31/h12-13,15,28,30H,4-11,14H2,1-3H3,(H2,27,31)/b17-16-/t15-/m1/s1. The Labute approximate surface area is 192 Å². The lowest BCUT2D eigenvalue weighted by Gasteiger charge is -2.22. The van der Waals surface area contributed by atoms with Crippen LogP contribution < -0.4 is 16.0 Å². The number of halogens is 3. The van der Waals surface area contributed by atoms with E-state index in [9.17, 15) is 18.0 Å². The van der Waals surface area contributed by atoms with Gasteiger partial charge in [-0.15, -0.1) is 0 Å². The van der Waals surface area contributed by atoms with Crippen molar-refractivity contribution in [2.45, 2.75) is 52.3 Å². The molecule has 1 aromatic carbocycles. The molecule has 0 spiro atoms. The number of carbonyl (C=O) groups is 1. The number of benzene rings is 1. The van der Waals surface area contributed by atoms with Crippen molar-refractivity contribution in [2.24, 2.45) is 5.73 Å². The number of hydrogen-bond acceptors (Lipinski definition) is 6. The lowest BCUT2D eigenvalue weighted by Crippen LogP contribution is -2.31. The first kappa shape index (κ1) is 26.8. The molecule has 1 heterocycles. The van der Waals surface area contributed by atoms with Crippen LogP contribution in [0, 0.1) is 0 Å². The SMILES string of the molecule is C/C(OCCN[C@H](C)Cc1cc2c(c(C(N)=O)c1)N(CCCO)CC2)=C(\C)OCC(F)(F)F. The highest BCUT2D eigenvalue weighted by Gasteiger charge is 2.28. The quantitative estimate of drug-likeness (QED) is 0.301. The second-order valence-corrected chi connectivity index (χ2v) is 8.25. The van der Waals surface area contributed by atoms with Crippen molar-refractivity contribution in [1.29, 1.82) is 0 Å². The first-order valence-electron chi connectivity index (χ1n) is 11.1. The first-order chi connectivity index (χ1) is 15.5. The lowest BCUT2D eigenvalue weighted by atomic mass is 9.98. The van der Waals surface area contributed by atoms with E-state index in [1.165, 1.54) is 6.92 Å². The third-order valence-corrected chi connectivity index (χ3v) is 5.47. The molecule has 7 nitrogen and oxygen atoms in total. The van der Waals surface area contributed by atoms with Crippen LogP contribution in [-0.2, 0) is 22.3 Å². The van der Waals surface area contributed by atoms with Gasteiger partial charge in [0.1, 0.15) is 18.1 Å². The number of nitrogens with one attached hydrogen (secondary N) is 1. The molecule has 0 unspecified atom stereocenters. The van der Waals surface area contributed by atoms with Crippen LogP contribution in [0.2, 0.25) is 0 Å². The number of primary amides is 1. The molecule has 2 rings (SSSR count). The zero-order chi connectivity index (χ0) is 24.6. The van der Waals surface area contributed by atoms with Gasteiger partial charge in [0.2, 0.25) is 0 Å². The number of allylic oxidation sites excluding steroid dienone is 2. The van der Waals surface area contributed by atoms with Crippen LogP contribution in [0.15, 0.2) is 23.7 Å². The minimum Gasteiger partial charge on any atom is -0.493 e. The van der Waals surface area contributed by atoms with Gasteiger partial charge in [-0.25, -0.2) is 0 Å². The molecule has 1 aliphatic rings. The molecule has 0 fully saturated rings. The fourth-order valence-electron chi connectivity index (χ4n) is 3.81. The van der Waals surface area contributed by atoms with Crippen molar-refractivity contribution in [3.8, 4) is 0 Å². The van der Waals surface area contributed by atoms with Gasteiger partial charge < -0.3 is 30.5 Å². The molecule has 0 radical (unpaired) electrons. The Morgan fingerprint density at radius 2 is 1.97 bits per heavy atom. The van der Waals surface area contributed by atoms with Crippen molar-refractivity contribution in [1.82, 2.24) is 5.32 Å². The number of rotatable bonds is 13. The van der Waals surface area contributed by atoms with E-state index in [-0.39, 0.29) is 25.0 Å². The van der Waals surface area contributed by atoms with E-state index < -0.39 is 18.7 Å². The first-order valence-corrected chi connectivity index (χ1v) is 11.1. The number of aliphatic hydroxyl groups excluding tert-OH is 1. The summed E-state index contributed by atoms with van der Waals surface area (Å²) in [5, 5.41) is 12.4. The molecule has 0 saturated heterocycles. The second-order valence-electron chi connectivity index (χ2n) is 8.25. The smallest absolute Gasteiger partial charge is 0.422 e. The number of alkyl halides is 3. The van der Waals surface area contributed by atoms with Crippen LogP contribution in [-0.4, -0.2) is 62.7 Å². The summed E-state index contributed by atoms with van der Waals surface area (Å²) in [7, 11) is 0. The molecule has 0 aliphatic carbocycles. The Morgan fingerprint density at radius 3 is 2.61 bits per heavy atom. The van der Waals surface area contributed by atoms with Gasteiger partial charge in [0.05, 0.1) is 11.3 Å². The second kappa shape index (κ2) is 12.1. The summed E-state index contributed by atoms with van der Waals surface area (Å²) in [4.78, 5) is 14.2. The summed E-state index contributed by atoms with van der Waals surface area (Å²) in [5.74, 6) is -0.0573. The van der Waals surface area contributed by atoms with Gasteiger partial charge in [0.25, 0.3) is 5.91 Å². The molecule has 1 aromatic rings. The van der Waals surface area contributed by atoms with Gasteiger partial charge in [-0.05, 0) is 57.2 Å². The van der Waals surface area contributed by atoms with Crippen LogP contribution in [0.1, 0.15) is 48.7 Å². The highest BCUT2D eigenvalue weighted by molar-refractivity contribution is 6.00. The molecule has 1 atom stereocenters. The Hall–Kier alpha value is -2.46. The van der Waals surface area contributed by atoms with Crippen LogP contribution in [0.25, 0.3) is 0 Å². The third-order valence-electron chi connectivity index (χ3n) is 5.47. The molecule has 4 N–H and O–H groups in total. The van der Waals surface area contributed by atoms with Crippen molar-refractivity contribution in [3.05, 3.63) is 40.3 Å². The monoisotopic (exact) mass is 473 g/mol. The van der Waals surface area contributed by atoms with Crippen LogP contribution in [0.3, 0.4) is 0 Å². The number of nitrogens with zero attached hydrogens (tertiary/aromatic N) is 1. The molecule has 186 valence electrons. The summed E-state index contributed by atoms with van der Waals surface area (Å²) in [6.07, 6.45) is -2.26. The molecule has 0 aromatic heterocycles. The van der Waals surface area contributed by atoms with Crippen molar-refractivity contribution in [2.75, 3.05) is 44.4 Å². The summed E-state index contributed by atoms with van der Waals surface area (Å²) in [6, 6.07) is 4.01. The van der Waals surface area contributed by atoms with E-state index in [2.05, 4.69) is 21.0 Å². The fourth-order valence-corrected chi connectivity index (χ4v) is 3.81. The number of carbonyl (C=O) groups excluding carboxylic acids is 1. The van der Waals surface area contributed by atoms with E-state index >= 15 is 0 Å². The number of nitrogens with two attached hydrogens (primary N) is 1. The molecule has 0 bridgehead atoms. The number of amides is 1. The Morgan fingerprint density at radius 1 is 1.27 bits per heavy atom. The van der Waals surface area contributed by atoms with Gasteiger partial charge in [-0.2, -0.15) is 13.2 Å². The predicted octanol–water partition coefficient (Wildman–Crippen LogP) is 2.90. The molecule has 1 aliphatic heterocycles. The Bertz CT molecular complexity index is 843. The fraction of sp³-hybridized carbons (Fsp3) is 0.609. The lowest BCUT2D eigenvalue weighted by molar-refractivity contribution is -0.165. The molecule has 1 amide bonds. The van der Waals surface area contributed by atoms with Crippen molar-refractivity contribution in [3.63, 3.8) is 0 Å². The largest absolute Gasteiger partial charge is 0.493 e. The minimum atomic E-state index is -4.39. The average molecular weight is 474 g/mol. The van der Waals surface area contributed by atoms with E-state index in [1.54, 1.807) is 6.92 Å². The maximum Gasteiger partial charge on any atom is 0.422 e. The summed E-state index contributed by atoms with van der Waals surface area (Å²) in [5.41, 5.74) is 9.11.